The third-order valence-electron chi connectivity index (χ3n) is 2.14. The highest BCUT2D eigenvalue weighted by molar-refractivity contribution is 9.10. The molecule has 1 rings (SSSR count). The van der Waals surface area contributed by atoms with Crippen LogP contribution in [0.2, 0.25) is 0 Å². The van der Waals surface area contributed by atoms with Gasteiger partial charge in [-0.2, -0.15) is 0 Å². The van der Waals surface area contributed by atoms with Crippen LogP contribution in [-0.4, -0.2) is 13.5 Å². The van der Waals surface area contributed by atoms with Crippen molar-refractivity contribution in [1.29, 1.82) is 0 Å². The lowest BCUT2D eigenvalue weighted by Gasteiger charge is -2.11. The van der Waals surface area contributed by atoms with Crippen molar-refractivity contribution in [3.63, 3.8) is 0 Å². The first-order valence-corrected chi connectivity index (χ1v) is 7.39. The summed E-state index contributed by atoms with van der Waals surface area (Å²) in [6, 6.07) is 1.76. The van der Waals surface area contributed by atoms with Gasteiger partial charge in [-0.1, -0.05) is 15.9 Å². The maximum Gasteiger partial charge on any atom is 0.236 e. The SMILES string of the molecule is Cc1cc(Br)c(C)c(O)c1CS(=O)(=O)Cl. The van der Waals surface area contributed by atoms with Gasteiger partial charge in [0, 0.05) is 26.3 Å². The number of phenols is 1. The van der Waals surface area contributed by atoms with Gasteiger partial charge in [-0.05, 0) is 25.5 Å². The Balaban J connectivity index is 3.37. The average molecular weight is 314 g/mol. The van der Waals surface area contributed by atoms with Gasteiger partial charge in [-0.3, -0.25) is 0 Å². The predicted octanol–water partition coefficient (Wildman–Crippen LogP) is 2.84. The molecule has 0 saturated heterocycles. The summed E-state index contributed by atoms with van der Waals surface area (Å²) in [5, 5.41) is 9.77. The van der Waals surface area contributed by atoms with Crippen molar-refractivity contribution in [2.75, 3.05) is 0 Å². The van der Waals surface area contributed by atoms with Crippen molar-refractivity contribution in [3.05, 3.63) is 27.2 Å². The summed E-state index contributed by atoms with van der Waals surface area (Å²) in [5.74, 6) is -0.383. The Morgan fingerprint density at radius 3 is 2.47 bits per heavy atom. The first-order chi connectivity index (χ1) is 6.72. The zero-order chi connectivity index (χ0) is 11.8. The largest absolute Gasteiger partial charge is 0.507 e. The number of aromatic hydroxyl groups is 1. The topological polar surface area (TPSA) is 54.4 Å². The summed E-state index contributed by atoms with van der Waals surface area (Å²) in [6.07, 6.45) is 0. The molecule has 0 unspecified atom stereocenters. The molecule has 0 bridgehead atoms. The van der Waals surface area contributed by atoms with Crippen LogP contribution >= 0.6 is 26.6 Å². The molecule has 0 heterocycles. The molecule has 0 aliphatic heterocycles. The van der Waals surface area contributed by atoms with Gasteiger partial charge in [0.15, 0.2) is 0 Å². The molecular formula is C9H10BrClO3S. The van der Waals surface area contributed by atoms with Gasteiger partial charge in [0.1, 0.15) is 5.75 Å². The quantitative estimate of drug-likeness (QED) is 0.854. The predicted molar refractivity (Wildman–Crippen MR) is 63.8 cm³/mol. The monoisotopic (exact) mass is 312 g/mol. The summed E-state index contributed by atoms with van der Waals surface area (Å²) in [5.41, 5.74) is 1.65. The smallest absolute Gasteiger partial charge is 0.236 e. The molecule has 0 aliphatic rings. The van der Waals surface area contributed by atoms with Crippen LogP contribution in [0.1, 0.15) is 16.7 Å². The third kappa shape index (κ3) is 3.09. The Morgan fingerprint density at radius 2 is 2.00 bits per heavy atom. The molecule has 0 atom stereocenters. The van der Waals surface area contributed by atoms with E-state index in [1.165, 1.54) is 0 Å². The Hall–Kier alpha value is -0.260. The van der Waals surface area contributed by atoms with Gasteiger partial charge < -0.3 is 5.11 Å². The number of rotatable bonds is 2. The summed E-state index contributed by atoms with van der Waals surface area (Å²) in [6.45, 7) is 3.42. The molecule has 6 heteroatoms. The highest BCUT2D eigenvalue weighted by atomic mass is 79.9. The summed E-state index contributed by atoms with van der Waals surface area (Å²) >= 11 is 3.27. The molecule has 15 heavy (non-hydrogen) atoms. The van der Waals surface area contributed by atoms with E-state index in [2.05, 4.69) is 15.9 Å². The highest BCUT2D eigenvalue weighted by Crippen LogP contribution is 2.33. The maximum absolute atomic E-state index is 10.9. The molecule has 3 nitrogen and oxygen atoms in total. The normalized spacial score (nSPS) is 11.7. The molecule has 0 aromatic heterocycles. The Labute approximate surface area is 102 Å². The van der Waals surface area contributed by atoms with E-state index >= 15 is 0 Å². The molecule has 0 aliphatic carbocycles. The molecule has 1 N–H and O–H groups in total. The van der Waals surface area contributed by atoms with E-state index in [9.17, 15) is 13.5 Å². The minimum absolute atomic E-state index is 0.0221. The first kappa shape index (κ1) is 12.8. The number of aryl methyl sites for hydroxylation is 1. The number of hydrogen-bond acceptors (Lipinski definition) is 3. The van der Waals surface area contributed by atoms with Crippen molar-refractivity contribution < 1.29 is 13.5 Å². The van der Waals surface area contributed by atoms with Crippen molar-refractivity contribution in [1.82, 2.24) is 0 Å². The van der Waals surface area contributed by atoms with Gasteiger partial charge in [0.05, 0.1) is 5.75 Å². The second kappa shape index (κ2) is 4.31. The van der Waals surface area contributed by atoms with E-state index in [4.69, 9.17) is 10.7 Å². The number of benzene rings is 1. The molecule has 0 radical (unpaired) electrons. The molecule has 0 spiro atoms. The Morgan fingerprint density at radius 1 is 1.47 bits per heavy atom. The van der Waals surface area contributed by atoms with E-state index in [1.807, 2.05) is 0 Å². The summed E-state index contributed by atoms with van der Waals surface area (Å²) < 4.78 is 22.6. The van der Waals surface area contributed by atoms with Crippen LogP contribution in [0.25, 0.3) is 0 Å². The fourth-order valence-electron chi connectivity index (χ4n) is 1.27. The van der Waals surface area contributed by atoms with Crippen molar-refractivity contribution in [2.24, 2.45) is 0 Å². The number of halogens is 2. The number of hydrogen-bond donors (Lipinski definition) is 1. The number of phenolic OH excluding ortho intramolecular Hbond substituents is 1. The lowest BCUT2D eigenvalue weighted by atomic mass is 10.1. The second-order valence-electron chi connectivity index (χ2n) is 3.31. The lowest BCUT2D eigenvalue weighted by molar-refractivity contribution is 0.464. The molecular weight excluding hydrogens is 304 g/mol. The van der Waals surface area contributed by atoms with Crippen LogP contribution in [0.4, 0.5) is 0 Å². The van der Waals surface area contributed by atoms with Crippen molar-refractivity contribution >= 4 is 35.7 Å². The maximum atomic E-state index is 10.9. The first-order valence-electron chi connectivity index (χ1n) is 4.12. The van der Waals surface area contributed by atoms with E-state index in [1.54, 1.807) is 19.9 Å². The summed E-state index contributed by atoms with van der Waals surface area (Å²) in [4.78, 5) is 0. The molecule has 0 fully saturated rings. The average Bonchev–Trinajstić information content (AvgIpc) is 2.07. The molecule has 1 aromatic rings. The van der Waals surface area contributed by atoms with E-state index in [0.717, 1.165) is 4.47 Å². The van der Waals surface area contributed by atoms with Gasteiger partial charge in [0.2, 0.25) is 9.05 Å². The fourth-order valence-corrected chi connectivity index (χ4v) is 2.83. The van der Waals surface area contributed by atoms with Crippen LogP contribution in [0.3, 0.4) is 0 Å². The van der Waals surface area contributed by atoms with Crippen LogP contribution in [0.15, 0.2) is 10.5 Å². The molecule has 0 amide bonds. The van der Waals surface area contributed by atoms with Gasteiger partial charge in [0.25, 0.3) is 0 Å². The molecule has 1 aromatic carbocycles. The second-order valence-corrected chi connectivity index (χ2v) is 6.94. The van der Waals surface area contributed by atoms with Crippen LogP contribution in [-0.2, 0) is 14.8 Å². The standard InChI is InChI=1S/C9H10BrClO3S/c1-5-3-8(10)6(2)9(12)7(5)4-15(11,13)14/h3,12H,4H2,1-2H3. The van der Waals surface area contributed by atoms with Gasteiger partial charge in [-0.25, -0.2) is 8.42 Å². The van der Waals surface area contributed by atoms with Crippen LogP contribution in [0.5, 0.6) is 5.75 Å². The van der Waals surface area contributed by atoms with Gasteiger partial charge in [-0.15, -0.1) is 0 Å². The van der Waals surface area contributed by atoms with E-state index in [0.29, 0.717) is 16.7 Å². The Kier molecular flexibility index (Phi) is 3.68. The fraction of sp³-hybridized carbons (Fsp3) is 0.333. The zero-order valence-electron chi connectivity index (χ0n) is 8.21. The Bertz CT molecular complexity index is 497. The van der Waals surface area contributed by atoms with Crippen molar-refractivity contribution in [2.45, 2.75) is 19.6 Å². The van der Waals surface area contributed by atoms with Crippen LogP contribution in [0, 0.1) is 13.8 Å². The van der Waals surface area contributed by atoms with Crippen LogP contribution < -0.4 is 0 Å². The van der Waals surface area contributed by atoms with Crippen molar-refractivity contribution in [3.8, 4) is 5.75 Å². The summed E-state index contributed by atoms with van der Waals surface area (Å²) in [7, 11) is 1.50. The highest BCUT2D eigenvalue weighted by Gasteiger charge is 2.16. The zero-order valence-corrected chi connectivity index (χ0v) is 11.4. The minimum Gasteiger partial charge on any atom is -0.507 e. The van der Waals surface area contributed by atoms with Gasteiger partial charge >= 0.3 is 0 Å². The lowest BCUT2D eigenvalue weighted by Crippen LogP contribution is -1.99. The van der Waals surface area contributed by atoms with E-state index in [-0.39, 0.29) is 11.5 Å². The molecule has 84 valence electrons. The minimum atomic E-state index is -3.65. The molecule has 0 saturated carbocycles. The third-order valence-corrected chi connectivity index (χ3v) is 3.92. The van der Waals surface area contributed by atoms with E-state index < -0.39 is 9.05 Å².